The first-order valence-corrected chi connectivity index (χ1v) is 10.2. The topological polar surface area (TPSA) is 116 Å². The number of hydrogen-bond donors (Lipinski definition) is 1. The number of rotatable bonds is 11. The van der Waals surface area contributed by atoms with Crippen molar-refractivity contribution in [3.05, 3.63) is 0 Å². The van der Waals surface area contributed by atoms with E-state index in [1.165, 1.54) is 0 Å². The highest BCUT2D eigenvalue weighted by atomic mass is 19.4. The van der Waals surface area contributed by atoms with Crippen molar-refractivity contribution in [1.82, 2.24) is 0 Å². The van der Waals surface area contributed by atoms with E-state index in [1.807, 2.05) is 6.92 Å². The molecule has 0 saturated heterocycles. The number of esters is 3. The average Bonchev–Trinajstić information content (AvgIpc) is 2.68. The van der Waals surface area contributed by atoms with E-state index in [4.69, 9.17) is 14.6 Å². The fourth-order valence-corrected chi connectivity index (χ4v) is 1.44. The van der Waals surface area contributed by atoms with Crippen LogP contribution in [0.2, 0.25) is 0 Å². The number of carboxylic acid groups (broad SMARTS) is 1. The van der Waals surface area contributed by atoms with Crippen LogP contribution in [0.5, 0.6) is 0 Å². The Kier molecular flexibility index (Phi) is 13.9. The van der Waals surface area contributed by atoms with Crippen molar-refractivity contribution in [1.29, 1.82) is 0 Å². The van der Waals surface area contributed by atoms with Gasteiger partial charge in [-0.1, -0.05) is 13.8 Å². The molecule has 0 radical (unpaired) electrons. The van der Waals surface area contributed by atoms with Crippen molar-refractivity contribution < 1.29 is 51.7 Å². The number of ether oxygens (including phenoxy) is 3. The Hall–Kier alpha value is -2.33. The van der Waals surface area contributed by atoms with Crippen LogP contribution in [0.3, 0.4) is 0 Å². The van der Waals surface area contributed by atoms with Crippen LogP contribution in [-0.4, -0.2) is 54.5 Å². The lowest BCUT2D eigenvalue weighted by atomic mass is 9.90. The predicted molar refractivity (Wildman–Crippen MR) is 109 cm³/mol. The molecule has 1 unspecified atom stereocenters. The van der Waals surface area contributed by atoms with E-state index in [2.05, 4.69) is 4.74 Å². The molecule has 0 amide bonds. The molecule has 0 fully saturated rings. The summed E-state index contributed by atoms with van der Waals surface area (Å²) in [5.74, 6) is -2.82. The summed E-state index contributed by atoms with van der Waals surface area (Å²) in [6.45, 7) is 11.0. The third kappa shape index (κ3) is 13.9. The van der Waals surface area contributed by atoms with E-state index < -0.39 is 41.0 Å². The first-order valence-electron chi connectivity index (χ1n) is 10.2. The average molecular weight is 472 g/mol. The van der Waals surface area contributed by atoms with Crippen molar-refractivity contribution in [2.24, 2.45) is 10.8 Å². The van der Waals surface area contributed by atoms with E-state index in [1.54, 1.807) is 34.6 Å². The van der Waals surface area contributed by atoms with Gasteiger partial charge in [0, 0.05) is 0 Å². The van der Waals surface area contributed by atoms with Crippen LogP contribution in [0, 0.1) is 10.8 Å². The first-order chi connectivity index (χ1) is 14.4. The quantitative estimate of drug-likeness (QED) is 0.269. The van der Waals surface area contributed by atoms with Crippen LogP contribution < -0.4 is 0 Å². The third-order valence-corrected chi connectivity index (χ3v) is 4.74. The van der Waals surface area contributed by atoms with Crippen molar-refractivity contribution in [2.45, 2.75) is 86.4 Å². The van der Waals surface area contributed by atoms with Gasteiger partial charge in [0.1, 0.15) is 13.2 Å². The Morgan fingerprint density at radius 3 is 1.66 bits per heavy atom. The lowest BCUT2D eigenvalue weighted by molar-refractivity contribution is -0.221. The molecule has 0 aromatic carbocycles. The number of carboxylic acids is 1. The molecule has 32 heavy (non-hydrogen) atoms. The highest BCUT2D eigenvalue weighted by Gasteiger charge is 2.41. The minimum atomic E-state index is -4.49. The summed E-state index contributed by atoms with van der Waals surface area (Å²) < 4.78 is 50.0. The van der Waals surface area contributed by atoms with E-state index in [0.29, 0.717) is 12.8 Å². The second kappa shape index (κ2) is 13.9. The van der Waals surface area contributed by atoms with E-state index in [0.717, 1.165) is 6.92 Å². The number of carbonyl (C=O) groups excluding carboxylic acids is 3. The van der Waals surface area contributed by atoms with Gasteiger partial charge in [-0.25, -0.2) is 0 Å². The number of alkyl halides is 3. The largest absolute Gasteiger partial charge is 0.481 e. The summed E-state index contributed by atoms with van der Waals surface area (Å²) >= 11 is 0. The maximum Gasteiger partial charge on any atom is 0.425 e. The first kappa shape index (κ1) is 31.9. The second-order valence-corrected chi connectivity index (χ2v) is 8.31. The molecular weight excluding hydrogens is 437 g/mol. The van der Waals surface area contributed by atoms with Gasteiger partial charge in [0.05, 0.1) is 23.7 Å². The van der Waals surface area contributed by atoms with E-state index in [9.17, 15) is 32.3 Å². The summed E-state index contributed by atoms with van der Waals surface area (Å²) in [6, 6.07) is 0. The van der Waals surface area contributed by atoms with Crippen LogP contribution in [0.25, 0.3) is 0 Å². The van der Waals surface area contributed by atoms with Crippen LogP contribution in [0.1, 0.15) is 74.1 Å². The van der Waals surface area contributed by atoms with Gasteiger partial charge in [-0.15, -0.1) is 0 Å². The zero-order valence-corrected chi connectivity index (χ0v) is 19.8. The molecule has 0 rings (SSSR count). The minimum absolute atomic E-state index is 0.0128. The molecule has 0 saturated carbocycles. The van der Waals surface area contributed by atoms with Gasteiger partial charge in [-0.05, 0) is 47.5 Å². The lowest BCUT2D eigenvalue weighted by Gasteiger charge is -2.24. The maximum atomic E-state index is 12.0. The molecule has 0 aliphatic heterocycles. The molecular formula is C21H35F3O8. The van der Waals surface area contributed by atoms with Gasteiger partial charge in [0.25, 0.3) is 0 Å². The van der Waals surface area contributed by atoms with Crippen LogP contribution in [0.4, 0.5) is 13.2 Å². The second-order valence-electron chi connectivity index (χ2n) is 8.31. The molecule has 0 aliphatic rings. The Morgan fingerprint density at radius 1 is 0.812 bits per heavy atom. The lowest BCUT2D eigenvalue weighted by Crippen LogP contribution is -2.36. The van der Waals surface area contributed by atoms with E-state index >= 15 is 0 Å². The summed E-state index contributed by atoms with van der Waals surface area (Å²) in [5.41, 5.74) is -1.41. The smallest absolute Gasteiger partial charge is 0.425 e. The fourth-order valence-electron chi connectivity index (χ4n) is 1.44. The normalized spacial score (nSPS) is 12.7. The molecule has 0 bridgehead atoms. The number of hydrogen-bond acceptors (Lipinski definition) is 7. The van der Waals surface area contributed by atoms with Crippen LogP contribution >= 0.6 is 0 Å². The zero-order valence-electron chi connectivity index (χ0n) is 19.8. The van der Waals surface area contributed by atoms with Crippen LogP contribution in [0.15, 0.2) is 0 Å². The summed E-state index contributed by atoms with van der Waals surface area (Å²) in [7, 11) is 0. The maximum absolute atomic E-state index is 12.0. The summed E-state index contributed by atoms with van der Waals surface area (Å²) in [4.78, 5) is 44.0. The van der Waals surface area contributed by atoms with Crippen molar-refractivity contribution in [3.8, 4) is 0 Å². The fraction of sp³-hybridized carbons (Fsp3) is 0.810. The standard InChI is InChI=1S/C12H20O6.C9H15F3O2/c1-4-12(2,3)11(16)18-8-7-17-10(15)6-5-9(13)14;1-5-8(3,4)7(13)14-6(2)9(10,11)12/h4-8H2,1-3H3,(H,13,14);6H,5H2,1-4H3. The highest BCUT2D eigenvalue weighted by Crippen LogP contribution is 2.27. The van der Waals surface area contributed by atoms with Gasteiger partial charge >= 0.3 is 30.1 Å². The monoisotopic (exact) mass is 472 g/mol. The molecule has 11 heteroatoms. The molecule has 1 atom stereocenters. The SMILES string of the molecule is CCC(C)(C)C(=O)OC(C)C(F)(F)F.CCC(C)(C)C(=O)OCCOC(=O)CCC(=O)O. The Balaban J connectivity index is 0. The molecule has 0 aliphatic carbocycles. The van der Waals surface area contributed by atoms with Crippen molar-refractivity contribution >= 4 is 23.9 Å². The Bertz CT molecular complexity index is 627. The third-order valence-electron chi connectivity index (χ3n) is 4.74. The Morgan fingerprint density at radius 2 is 1.25 bits per heavy atom. The van der Waals surface area contributed by atoms with Gasteiger partial charge in [0.15, 0.2) is 6.10 Å². The number of aliphatic carboxylic acids is 1. The van der Waals surface area contributed by atoms with Gasteiger partial charge in [0.2, 0.25) is 0 Å². The number of halogens is 3. The predicted octanol–water partition coefficient (Wildman–Crippen LogP) is 4.29. The minimum Gasteiger partial charge on any atom is -0.481 e. The highest BCUT2D eigenvalue weighted by molar-refractivity contribution is 5.77. The molecule has 0 aromatic rings. The van der Waals surface area contributed by atoms with Crippen molar-refractivity contribution in [2.75, 3.05) is 13.2 Å². The van der Waals surface area contributed by atoms with Crippen LogP contribution in [-0.2, 0) is 33.4 Å². The summed E-state index contributed by atoms with van der Waals surface area (Å²) in [5, 5.41) is 8.35. The molecule has 188 valence electrons. The molecule has 0 aromatic heterocycles. The van der Waals surface area contributed by atoms with Gasteiger partial charge in [-0.2, -0.15) is 13.2 Å². The molecule has 1 N–H and O–H groups in total. The van der Waals surface area contributed by atoms with Gasteiger partial charge < -0.3 is 19.3 Å². The zero-order chi connectivity index (χ0) is 25.8. The Labute approximate surface area is 186 Å². The van der Waals surface area contributed by atoms with E-state index in [-0.39, 0.29) is 32.0 Å². The molecule has 0 heterocycles. The van der Waals surface area contributed by atoms with Crippen molar-refractivity contribution in [3.63, 3.8) is 0 Å². The number of carbonyl (C=O) groups is 4. The summed E-state index contributed by atoms with van der Waals surface area (Å²) in [6.07, 6.45) is -5.87. The molecule has 8 nitrogen and oxygen atoms in total. The van der Waals surface area contributed by atoms with Gasteiger partial charge in [-0.3, -0.25) is 19.2 Å². The molecule has 0 spiro atoms.